The van der Waals surface area contributed by atoms with Crippen molar-refractivity contribution in [3.8, 4) is 11.5 Å². The van der Waals surface area contributed by atoms with Gasteiger partial charge in [0.1, 0.15) is 0 Å². The van der Waals surface area contributed by atoms with E-state index in [1.165, 1.54) is 31.7 Å². The fourth-order valence-electron chi connectivity index (χ4n) is 2.39. The summed E-state index contributed by atoms with van der Waals surface area (Å²) in [6.07, 6.45) is 2.76. The molecule has 0 fully saturated rings. The normalized spacial score (nSPS) is 10.6. The van der Waals surface area contributed by atoms with Crippen LogP contribution in [0, 0.1) is 0 Å². The van der Waals surface area contributed by atoms with Crippen LogP contribution in [0.5, 0.6) is 11.5 Å². The van der Waals surface area contributed by atoms with Crippen molar-refractivity contribution in [2.75, 3.05) is 12.4 Å². The number of para-hydroxylation sites is 1. The van der Waals surface area contributed by atoms with Gasteiger partial charge in [0.25, 0.3) is 11.8 Å². The fraction of sp³-hybridized carbons (Fsp3) is 0.0500. The number of hydrogen-bond donors (Lipinski definition) is 3. The lowest BCUT2D eigenvalue weighted by Gasteiger charge is -2.09. The number of amides is 2. The Morgan fingerprint density at radius 1 is 1.11 bits per heavy atom. The van der Waals surface area contributed by atoms with Crippen LogP contribution >= 0.6 is 0 Å². The number of benzene rings is 2. The molecule has 8 heteroatoms. The average molecular weight is 379 g/mol. The van der Waals surface area contributed by atoms with Crippen LogP contribution in [-0.2, 0) is 0 Å². The number of hydrogen-bond acceptors (Lipinski definition) is 6. The van der Waals surface area contributed by atoms with E-state index in [1.54, 1.807) is 42.5 Å². The number of nitrogens with one attached hydrogen (secondary N) is 2. The van der Waals surface area contributed by atoms with Crippen LogP contribution in [0.3, 0.4) is 0 Å². The maximum absolute atomic E-state index is 12.4. The van der Waals surface area contributed by atoms with Crippen LogP contribution in [0.15, 0.2) is 70.4 Å². The van der Waals surface area contributed by atoms with Crippen molar-refractivity contribution in [3.63, 3.8) is 0 Å². The zero-order valence-electron chi connectivity index (χ0n) is 14.9. The minimum atomic E-state index is -0.510. The number of ether oxygens (including phenoxy) is 1. The smallest absolute Gasteiger partial charge is 0.291 e. The summed E-state index contributed by atoms with van der Waals surface area (Å²) >= 11 is 0. The molecule has 0 atom stereocenters. The van der Waals surface area contributed by atoms with Gasteiger partial charge in [-0.05, 0) is 48.0 Å². The molecule has 0 bridgehead atoms. The number of hydrazone groups is 1. The average Bonchev–Trinajstić information content (AvgIpc) is 3.23. The highest BCUT2D eigenvalue weighted by Gasteiger charge is 2.15. The molecule has 0 aliphatic carbocycles. The molecular formula is C20H17N3O5. The lowest BCUT2D eigenvalue weighted by Crippen LogP contribution is -2.21. The molecule has 0 unspecified atom stereocenters. The Morgan fingerprint density at radius 2 is 1.93 bits per heavy atom. The monoisotopic (exact) mass is 379 g/mol. The van der Waals surface area contributed by atoms with Crippen molar-refractivity contribution in [3.05, 3.63) is 77.7 Å². The predicted octanol–water partition coefficient (Wildman–Crippen LogP) is 3.01. The molecule has 0 spiro atoms. The van der Waals surface area contributed by atoms with Crippen molar-refractivity contribution in [2.45, 2.75) is 0 Å². The third-order valence-corrected chi connectivity index (χ3v) is 3.75. The van der Waals surface area contributed by atoms with Crippen LogP contribution in [0.2, 0.25) is 0 Å². The molecule has 0 radical (unpaired) electrons. The lowest BCUT2D eigenvalue weighted by molar-refractivity contribution is 0.0956. The van der Waals surface area contributed by atoms with E-state index < -0.39 is 11.8 Å². The molecule has 2 amide bonds. The first-order valence-corrected chi connectivity index (χ1v) is 8.23. The van der Waals surface area contributed by atoms with Crippen LogP contribution < -0.4 is 15.5 Å². The van der Waals surface area contributed by atoms with Crippen molar-refractivity contribution in [1.29, 1.82) is 0 Å². The second-order valence-corrected chi connectivity index (χ2v) is 5.61. The van der Waals surface area contributed by atoms with E-state index in [2.05, 4.69) is 15.8 Å². The molecule has 0 aliphatic rings. The summed E-state index contributed by atoms with van der Waals surface area (Å²) in [6, 6.07) is 14.3. The molecular weight excluding hydrogens is 362 g/mol. The molecule has 3 rings (SSSR count). The van der Waals surface area contributed by atoms with E-state index in [-0.39, 0.29) is 17.1 Å². The highest BCUT2D eigenvalue weighted by molar-refractivity contribution is 6.07. The number of phenolic OH excluding ortho intramolecular Hbond substituents is 1. The summed E-state index contributed by atoms with van der Waals surface area (Å²) in [7, 11) is 1.45. The van der Waals surface area contributed by atoms with Crippen LogP contribution in [0.1, 0.15) is 26.5 Å². The molecule has 28 heavy (non-hydrogen) atoms. The first kappa shape index (κ1) is 18.7. The van der Waals surface area contributed by atoms with Gasteiger partial charge in [-0.25, -0.2) is 5.43 Å². The molecule has 0 saturated carbocycles. The SMILES string of the molecule is COc1ccc(/C=N\NC(=O)c2ccccc2NC(=O)c2ccco2)cc1O. The van der Waals surface area contributed by atoms with E-state index in [0.29, 0.717) is 17.0 Å². The number of nitrogens with zero attached hydrogens (tertiary/aromatic N) is 1. The standard InChI is InChI=1S/C20H17N3O5/c1-27-17-9-8-13(11-16(17)24)12-21-23-19(25)14-5-2-3-6-15(14)22-20(26)18-7-4-10-28-18/h2-12,24H,1H3,(H,22,26)(H,23,25)/b21-12-. The number of phenols is 1. The first-order valence-electron chi connectivity index (χ1n) is 8.23. The first-order chi connectivity index (χ1) is 13.6. The Kier molecular flexibility index (Phi) is 5.71. The van der Waals surface area contributed by atoms with E-state index in [4.69, 9.17) is 9.15 Å². The summed E-state index contributed by atoms with van der Waals surface area (Å²) in [5.74, 6) is -0.550. The van der Waals surface area contributed by atoms with E-state index in [1.807, 2.05) is 0 Å². The Bertz CT molecular complexity index is 1010. The second kappa shape index (κ2) is 8.54. The zero-order valence-corrected chi connectivity index (χ0v) is 14.9. The van der Waals surface area contributed by atoms with Gasteiger partial charge in [0, 0.05) is 0 Å². The Labute approximate surface area is 160 Å². The zero-order chi connectivity index (χ0) is 19.9. The number of anilines is 1. The molecule has 142 valence electrons. The maximum atomic E-state index is 12.4. The molecule has 1 heterocycles. The van der Waals surface area contributed by atoms with Gasteiger partial charge in [-0.1, -0.05) is 12.1 Å². The third kappa shape index (κ3) is 4.36. The second-order valence-electron chi connectivity index (χ2n) is 5.61. The van der Waals surface area contributed by atoms with Gasteiger partial charge < -0.3 is 19.6 Å². The van der Waals surface area contributed by atoms with E-state index in [9.17, 15) is 14.7 Å². The van der Waals surface area contributed by atoms with Crippen molar-refractivity contribution >= 4 is 23.7 Å². The molecule has 1 aromatic heterocycles. The maximum Gasteiger partial charge on any atom is 0.291 e. The largest absolute Gasteiger partial charge is 0.504 e. The minimum Gasteiger partial charge on any atom is -0.504 e. The van der Waals surface area contributed by atoms with Gasteiger partial charge in [0.2, 0.25) is 0 Å². The number of furan rings is 1. The number of rotatable bonds is 6. The van der Waals surface area contributed by atoms with Gasteiger partial charge in [0.05, 0.1) is 30.8 Å². The third-order valence-electron chi connectivity index (χ3n) is 3.75. The van der Waals surface area contributed by atoms with Crippen LogP contribution in [0.4, 0.5) is 5.69 Å². The molecule has 8 nitrogen and oxygen atoms in total. The topological polar surface area (TPSA) is 113 Å². The Hall–Kier alpha value is -4.07. The summed E-state index contributed by atoms with van der Waals surface area (Å²) in [5, 5.41) is 16.3. The minimum absolute atomic E-state index is 0.0382. The van der Waals surface area contributed by atoms with Crippen molar-refractivity contribution in [2.24, 2.45) is 5.10 Å². The van der Waals surface area contributed by atoms with Gasteiger partial charge in [-0.2, -0.15) is 5.10 Å². The Morgan fingerprint density at radius 3 is 2.64 bits per heavy atom. The quantitative estimate of drug-likeness (QED) is 0.450. The molecule has 3 N–H and O–H groups in total. The highest BCUT2D eigenvalue weighted by Crippen LogP contribution is 2.25. The van der Waals surface area contributed by atoms with Gasteiger partial charge >= 0.3 is 0 Å². The van der Waals surface area contributed by atoms with Crippen molar-refractivity contribution in [1.82, 2.24) is 5.43 Å². The molecule has 0 saturated heterocycles. The van der Waals surface area contributed by atoms with Crippen molar-refractivity contribution < 1.29 is 23.8 Å². The molecule has 3 aromatic rings. The van der Waals surface area contributed by atoms with Gasteiger partial charge in [-0.3, -0.25) is 9.59 Å². The summed E-state index contributed by atoms with van der Waals surface area (Å²) in [6.45, 7) is 0. The fourth-order valence-corrected chi connectivity index (χ4v) is 2.39. The Balaban J connectivity index is 1.69. The van der Waals surface area contributed by atoms with Crippen LogP contribution in [0.25, 0.3) is 0 Å². The lowest BCUT2D eigenvalue weighted by atomic mass is 10.1. The van der Waals surface area contributed by atoms with Gasteiger partial charge in [-0.15, -0.1) is 0 Å². The number of aromatic hydroxyl groups is 1. The van der Waals surface area contributed by atoms with E-state index in [0.717, 1.165) is 0 Å². The summed E-state index contributed by atoms with van der Waals surface area (Å²) in [4.78, 5) is 24.6. The molecule has 0 aliphatic heterocycles. The van der Waals surface area contributed by atoms with E-state index >= 15 is 0 Å². The highest BCUT2D eigenvalue weighted by atomic mass is 16.5. The summed E-state index contributed by atoms with van der Waals surface area (Å²) < 4.78 is 10.0. The molecule has 2 aromatic carbocycles. The van der Waals surface area contributed by atoms with Gasteiger partial charge in [0.15, 0.2) is 17.3 Å². The number of methoxy groups -OCH3 is 1. The predicted molar refractivity (Wildman–Crippen MR) is 103 cm³/mol. The number of carbonyl (C=O) groups excluding carboxylic acids is 2. The van der Waals surface area contributed by atoms with Crippen LogP contribution in [-0.4, -0.2) is 30.2 Å². The number of carbonyl (C=O) groups is 2. The summed E-state index contributed by atoms with van der Waals surface area (Å²) in [5.41, 5.74) is 3.51.